The van der Waals surface area contributed by atoms with Crippen molar-refractivity contribution in [3.8, 4) is 0 Å². The van der Waals surface area contributed by atoms with Gasteiger partial charge < -0.3 is 19.8 Å². The molecule has 0 N–H and O–H groups in total. The van der Waals surface area contributed by atoms with Crippen molar-refractivity contribution in [3.63, 3.8) is 0 Å². The molecule has 96 valence electrons. The van der Waals surface area contributed by atoms with Crippen LogP contribution in [0.5, 0.6) is 0 Å². The van der Waals surface area contributed by atoms with Gasteiger partial charge in [0.15, 0.2) is 0 Å². The van der Waals surface area contributed by atoms with E-state index in [0.29, 0.717) is 0 Å². The molecule has 0 atom stereocenters. The van der Waals surface area contributed by atoms with E-state index in [4.69, 9.17) is 19.8 Å². The van der Waals surface area contributed by atoms with Crippen molar-refractivity contribution in [2.24, 2.45) is 0 Å². The summed E-state index contributed by atoms with van der Waals surface area (Å²) in [7, 11) is 0. The molecule has 0 aliphatic heterocycles. The molecular formula is C12H16Na2O4S. The number of carbonyl (C=O) groups is 2. The van der Waals surface area contributed by atoms with Gasteiger partial charge >= 0.3 is 59.1 Å². The average molecular weight is 302 g/mol. The van der Waals surface area contributed by atoms with Crippen molar-refractivity contribution in [2.45, 2.75) is 18.7 Å². The van der Waals surface area contributed by atoms with Crippen LogP contribution in [-0.4, -0.2) is 11.9 Å². The predicted octanol–water partition coefficient (Wildman–Crippen LogP) is -5.70. The van der Waals surface area contributed by atoms with Crippen LogP contribution in [0.4, 0.5) is 0 Å². The zero-order valence-electron chi connectivity index (χ0n) is 11.9. The number of rotatable bonds is 0. The molecule has 0 saturated heterocycles. The van der Waals surface area contributed by atoms with Crippen LogP contribution >= 0.6 is 12.6 Å². The van der Waals surface area contributed by atoms with Crippen LogP contribution in [-0.2, 0) is 9.59 Å². The minimum atomic E-state index is -1.08. The van der Waals surface area contributed by atoms with Crippen LogP contribution in [0.15, 0.2) is 48.4 Å². The molecule has 1 aromatic rings. The summed E-state index contributed by atoms with van der Waals surface area (Å²) in [5, 5.41) is 17.8. The molecule has 0 saturated carbocycles. The van der Waals surface area contributed by atoms with Gasteiger partial charge in [0.2, 0.25) is 0 Å². The molecule has 0 radical (unpaired) electrons. The van der Waals surface area contributed by atoms with Crippen molar-refractivity contribution >= 4 is 24.6 Å². The molecule has 0 bridgehead atoms. The fraction of sp³-hybridized carbons (Fsp3) is 0.167. The molecule has 0 aromatic heterocycles. The maximum absolute atomic E-state index is 8.89. The van der Waals surface area contributed by atoms with Crippen molar-refractivity contribution in [2.75, 3.05) is 0 Å². The number of thiol groups is 1. The number of aliphatic carboxylic acids is 2. The van der Waals surface area contributed by atoms with E-state index >= 15 is 0 Å². The van der Waals surface area contributed by atoms with E-state index in [1.165, 1.54) is 0 Å². The molecule has 0 fully saturated rings. The van der Waals surface area contributed by atoms with Crippen LogP contribution in [0.25, 0.3) is 0 Å². The Labute approximate surface area is 164 Å². The van der Waals surface area contributed by atoms with Crippen LogP contribution in [0, 0.1) is 0 Å². The van der Waals surface area contributed by atoms with E-state index < -0.39 is 11.9 Å². The summed E-state index contributed by atoms with van der Waals surface area (Å²) in [4.78, 5) is 18.8. The zero-order chi connectivity index (χ0) is 14.3. The first-order valence-corrected chi connectivity index (χ1v) is 4.90. The number of carbonyl (C=O) groups excluding carboxylic acids is 2. The van der Waals surface area contributed by atoms with E-state index in [2.05, 4.69) is 25.8 Å². The minimum Gasteiger partial charge on any atom is -0.550 e. The van der Waals surface area contributed by atoms with Crippen molar-refractivity contribution in [1.29, 1.82) is 0 Å². The average Bonchev–Trinajstić information content (AvgIpc) is 2.20. The van der Waals surface area contributed by atoms with Crippen molar-refractivity contribution < 1.29 is 78.9 Å². The Morgan fingerprint density at radius 1 is 0.947 bits per heavy atom. The topological polar surface area (TPSA) is 80.3 Å². The summed E-state index contributed by atoms with van der Waals surface area (Å²) in [5.74, 6) is -2.17. The second kappa shape index (κ2) is 26.7. The molecule has 1 rings (SSSR count). The molecule has 0 heterocycles. The zero-order valence-corrected chi connectivity index (χ0v) is 16.8. The fourth-order valence-electron chi connectivity index (χ4n) is 0.428. The first-order valence-electron chi connectivity index (χ1n) is 4.45. The summed E-state index contributed by atoms with van der Waals surface area (Å²) in [6.45, 7) is 7.94. The number of carboxylic acids is 2. The smallest absolute Gasteiger partial charge is 0.550 e. The third-order valence-corrected chi connectivity index (χ3v) is 1.05. The van der Waals surface area contributed by atoms with Crippen LogP contribution < -0.4 is 69.3 Å². The standard InChI is InChI=1S/C6H6S.2C2H4O2.C2H4.2Na/c7-6-4-2-1-3-5-6;2*1-2(3)4;1-2;;/h1-5,7H;2*1H3,(H,3,4);1-2H2;;/q;;;;2*+1/p-2. The first kappa shape index (κ1) is 31.6. The molecule has 0 amide bonds. The van der Waals surface area contributed by atoms with E-state index in [0.717, 1.165) is 18.7 Å². The van der Waals surface area contributed by atoms with E-state index in [1.807, 2.05) is 30.3 Å². The third kappa shape index (κ3) is 70.8. The molecule has 0 spiro atoms. The Bertz CT molecular complexity index is 288. The summed E-state index contributed by atoms with van der Waals surface area (Å²) in [6, 6.07) is 9.79. The fourth-order valence-corrected chi connectivity index (χ4v) is 0.600. The summed E-state index contributed by atoms with van der Waals surface area (Å²) >= 11 is 4.08. The molecular weight excluding hydrogens is 286 g/mol. The van der Waals surface area contributed by atoms with Gasteiger partial charge in [-0.15, -0.1) is 25.8 Å². The van der Waals surface area contributed by atoms with E-state index in [9.17, 15) is 0 Å². The van der Waals surface area contributed by atoms with Crippen LogP contribution in [0.2, 0.25) is 0 Å². The van der Waals surface area contributed by atoms with Gasteiger partial charge in [-0.05, 0) is 26.0 Å². The SMILES string of the molecule is C=C.CC(=O)[O-].CC(=O)[O-].Sc1ccccc1.[Na+].[Na+]. The number of benzene rings is 1. The molecule has 0 aliphatic carbocycles. The van der Waals surface area contributed by atoms with Gasteiger partial charge in [-0.25, -0.2) is 0 Å². The Kier molecular flexibility index (Phi) is 44.4. The van der Waals surface area contributed by atoms with Gasteiger partial charge in [0.05, 0.1) is 0 Å². The largest absolute Gasteiger partial charge is 1.00 e. The summed E-state index contributed by atoms with van der Waals surface area (Å²) in [6.07, 6.45) is 0. The molecule has 19 heavy (non-hydrogen) atoms. The minimum absolute atomic E-state index is 0. The van der Waals surface area contributed by atoms with Gasteiger partial charge in [0.25, 0.3) is 0 Å². The number of hydrogen-bond donors (Lipinski definition) is 1. The predicted molar refractivity (Wildman–Crippen MR) is 66.3 cm³/mol. The van der Waals surface area contributed by atoms with Gasteiger partial charge in [-0.1, -0.05) is 18.2 Å². The van der Waals surface area contributed by atoms with Crippen molar-refractivity contribution in [1.82, 2.24) is 0 Å². The van der Waals surface area contributed by atoms with Gasteiger partial charge in [0, 0.05) is 16.8 Å². The summed E-state index contributed by atoms with van der Waals surface area (Å²) < 4.78 is 0. The number of hydrogen-bond acceptors (Lipinski definition) is 5. The maximum Gasteiger partial charge on any atom is 1.00 e. The van der Waals surface area contributed by atoms with Crippen LogP contribution in [0.3, 0.4) is 0 Å². The van der Waals surface area contributed by atoms with Gasteiger partial charge in [0.1, 0.15) is 0 Å². The van der Waals surface area contributed by atoms with Gasteiger partial charge in [-0.3, -0.25) is 0 Å². The van der Waals surface area contributed by atoms with E-state index in [1.54, 1.807) is 0 Å². The molecule has 0 unspecified atom stereocenters. The van der Waals surface area contributed by atoms with Gasteiger partial charge in [-0.2, -0.15) is 0 Å². The Morgan fingerprint density at radius 3 is 1.26 bits per heavy atom. The molecule has 4 nitrogen and oxygen atoms in total. The molecule has 1 aromatic carbocycles. The second-order valence-electron chi connectivity index (χ2n) is 2.32. The summed E-state index contributed by atoms with van der Waals surface area (Å²) in [5.41, 5.74) is 0. The Balaban J connectivity index is -0.0000000486. The normalized spacial score (nSPS) is 6.05. The van der Waals surface area contributed by atoms with Crippen LogP contribution in [0.1, 0.15) is 13.8 Å². The maximum atomic E-state index is 8.89. The Morgan fingerprint density at radius 2 is 1.16 bits per heavy atom. The Hall–Kier alpha value is 0.250. The number of carboxylic acid groups (broad SMARTS) is 2. The quantitative estimate of drug-likeness (QED) is 0.294. The molecule has 0 aliphatic rings. The van der Waals surface area contributed by atoms with Crippen molar-refractivity contribution in [3.05, 3.63) is 43.5 Å². The third-order valence-electron chi connectivity index (χ3n) is 0.756. The monoisotopic (exact) mass is 302 g/mol. The second-order valence-corrected chi connectivity index (χ2v) is 2.84. The molecule has 7 heteroatoms. The van der Waals surface area contributed by atoms with E-state index in [-0.39, 0.29) is 59.1 Å². The first-order chi connectivity index (χ1) is 7.86.